The van der Waals surface area contributed by atoms with E-state index in [0.717, 1.165) is 44.6 Å². The average Bonchev–Trinajstić information content (AvgIpc) is 2.95. The molecule has 1 aliphatic heterocycles. The van der Waals surface area contributed by atoms with E-state index in [4.69, 9.17) is 4.74 Å². The normalized spacial score (nSPS) is 16.0. The summed E-state index contributed by atoms with van der Waals surface area (Å²) in [5.74, 6) is 1.76. The van der Waals surface area contributed by atoms with Crippen molar-refractivity contribution in [3.63, 3.8) is 0 Å². The minimum absolute atomic E-state index is 0. The van der Waals surface area contributed by atoms with Crippen LogP contribution in [0.25, 0.3) is 0 Å². The maximum Gasteiger partial charge on any atom is 0.193 e. The van der Waals surface area contributed by atoms with Crippen molar-refractivity contribution < 1.29 is 4.74 Å². The van der Waals surface area contributed by atoms with Crippen LogP contribution in [0.5, 0.6) is 0 Å². The van der Waals surface area contributed by atoms with Crippen LogP contribution in [-0.4, -0.2) is 61.0 Å². The third-order valence-electron chi connectivity index (χ3n) is 4.24. The second-order valence-electron chi connectivity index (χ2n) is 6.01. The number of nitrogens with one attached hydrogen (secondary N) is 1. The minimum atomic E-state index is 0. The molecule has 0 bridgehead atoms. The summed E-state index contributed by atoms with van der Waals surface area (Å²) in [5.41, 5.74) is 1.25. The Bertz CT molecular complexity index is 471. The molecule has 132 valence electrons. The van der Waals surface area contributed by atoms with Crippen molar-refractivity contribution in [2.75, 3.05) is 40.4 Å². The van der Waals surface area contributed by atoms with Crippen LogP contribution in [0.4, 0.5) is 0 Å². The molecule has 0 aliphatic carbocycles. The first-order valence-electron chi connectivity index (χ1n) is 8.16. The Morgan fingerprint density at radius 2 is 2.22 bits per heavy atom. The van der Waals surface area contributed by atoms with Gasteiger partial charge in [-0.15, -0.1) is 24.0 Å². The molecule has 0 radical (unpaired) electrons. The lowest BCUT2D eigenvalue weighted by Gasteiger charge is -2.26. The predicted octanol–water partition coefficient (Wildman–Crippen LogP) is 1.90. The van der Waals surface area contributed by atoms with Crippen molar-refractivity contribution in [3.8, 4) is 0 Å². The number of ether oxygens (including phenoxy) is 1. The average molecular weight is 435 g/mol. The standard InChI is InChI=1S/C16H29N5O.HI/c1-17-16(18-8-4-15-12-19-21(3)13-15)20(2)9-5-14-6-10-22-11-7-14;/h12-14H,4-11H2,1-3H3,(H,17,18);1H. The van der Waals surface area contributed by atoms with Crippen molar-refractivity contribution in [3.05, 3.63) is 18.0 Å². The zero-order chi connectivity index (χ0) is 15.8. The molecule has 1 saturated heterocycles. The van der Waals surface area contributed by atoms with Crippen LogP contribution in [0.1, 0.15) is 24.8 Å². The molecule has 2 heterocycles. The van der Waals surface area contributed by atoms with E-state index in [9.17, 15) is 0 Å². The maximum absolute atomic E-state index is 5.42. The van der Waals surface area contributed by atoms with Crippen molar-refractivity contribution in [1.29, 1.82) is 0 Å². The number of nitrogens with zero attached hydrogens (tertiary/aromatic N) is 4. The Balaban J connectivity index is 0.00000264. The van der Waals surface area contributed by atoms with Gasteiger partial charge in [-0.3, -0.25) is 9.67 Å². The fourth-order valence-electron chi connectivity index (χ4n) is 2.82. The molecule has 1 aromatic heterocycles. The Hall–Kier alpha value is -0.830. The number of guanidine groups is 1. The van der Waals surface area contributed by atoms with Gasteiger partial charge in [0.2, 0.25) is 0 Å². The number of aromatic nitrogens is 2. The van der Waals surface area contributed by atoms with E-state index in [1.165, 1.54) is 24.8 Å². The molecule has 1 N–H and O–H groups in total. The highest BCUT2D eigenvalue weighted by Gasteiger charge is 2.15. The van der Waals surface area contributed by atoms with Gasteiger partial charge < -0.3 is 15.0 Å². The SMILES string of the molecule is CN=C(NCCc1cnn(C)c1)N(C)CCC1CCOCC1.I. The highest BCUT2D eigenvalue weighted by Crippen LogP contribution is 2.18. The molecule has 1 aliphatic rings. The zero-order valence-electron chi connectivity index (χ0n) is 14.5. The molecule has 1 aromatic rings. The van der Waals surface area contributed by atoms with E-state index in [1.807, 2.05) is 25.0 Å². The molecule has 0 aromatic carbocycles. The number of hydrogen-bond acceptors (Lipinski definition) is 3. The van der Waals surface area contributed by atoms with Gasteiger partial charge in [0, 0.05) is 53.6 Å². The lowest BCUT2D eigenvalue weighted by molar-refractivity contribution is 0.0625. The fraction of sp³-hybridized carbons (Fsp3) is 0.750. The summed E-state index contributed by atoms with van der Waals surface area (Å²) in [6.45, 7) is 3.76. The second kappa shape index (κ2) is 10.9. The van der Waals surface area contributed by atoms with Gasteiger partial charge in [0.25, 0.3) is 0 Å². The number of rotatable bonds is 6. The molecule has 1 fully saturated rings. The van der Waals surface area contributed by atoms with Gasteiger partial charge in [0.1, 0.15) is 0 Å². The van der Waals surface area contributed by atoms with Crippen LogP contribution in [0.2, 0.25) is 0 Å². The highest BCUT2D eigenvalue weighted by molar-refractivity contribution is 14.0. The number of aliphatic imine (C=N–C) groups is 1. The van der Waals surface area contributed by atoms with E-state index in [1.54, 1.807) is 0 Å². The third-order valence-corrected chi connectivity index (χ3v) is 4.24. The first-order valence-corrected chi connectivity index (χ1v) is 8.16. The van der Waals surface area contributed by atoms with Crippen molar-refractivity contribution in [1.82, 2.24) is 20.0 Å². The van der Waals surface area contributed by atoms with Crippen molar-refractivity contribution in [2.45, 2.75) is 25.7 Å². The Morgan fingerprint density at radius 3 is 2.83 bits per heavy atom. The third kappa shape index (κ3) is 7.07. The van der Waals surface area contributed by atoms with Gasteiger partial charge in [-0.2, -0.15) is 5.10 Å². The van der Waals surface area contributed by atoms with Crippen LogP contribution in [0, 0.1) is 5.92 Å². The summed E-state index contributed by atoms with van der Waals surface area (Å²) in [6.07, 6.45) is 8.53. The van der Waals surface area contributed by atoms with Crippen LogP contribution in [0.15, 0.2) is 17.4 Å². The van der Waals surface area contributed by atoms with Crippen LogP contribution >= 0.6 is 24.0 Å². The lowest BCUT2D eigenvalue weighted by atomic mass is 9.96. The molecular formula is C16H30IN5O. The van der Waals surface area contributed by atoms with Gasteiger partial charge in [0.05, 0.1) is 6.20 Å². The first-order chi connectivity index (χ1) is 10.7. The van der Waals surface area contributed by atoms with Gasteiger partial charge in [-0.1, -0.05) is 0 Å². The largest absolute Gasteiger partial charge is 0.381 e. The first kappa shape index (κ1) is 20.2. The van der Waals surface area contributed by atoms with Crippen molar-refractivity contribution >= 4 is 29.9 Å². The Kier molecular flexibility index (Phi) is 9.54. The number of halogens is 1. The molecule has 23 heavy (non-hydrogen) atoms. The fourth-order valence-corrected chi connectivity index (χ4v) is 2.82. The summed E-state index contributed by atoms with van der Waals surface area (Å²) in [4.78, 5) is 6.59. The van der Waals surface area contributed by atoms with Gasteiger partial charge in [0.15, 0.2) is 5.96 Å². The Labute approximate surface area is 156 Å². The second-order valence-corrected chi connectivity index (χ2v) is 6.01. The zero-order valence-corrected chi connectivity index (χ0v) is 16.8. The monoisotopic (exact) mass is 435 g/mol. The van der Waals surface area contributed by atoms with E-state index in [2.05, 4.69) is 33.6 Å². The molecule has 7 heteroatoms. The van der Waals surface area contributed by atoms with Gasteiger partial charge >= 0.3 is 0 Å². The Morgan fingerprint density at radius 1 is 1.48 bits per heavy atom. The van der Waals surface area contributed by atoms with E-state index in [-0.39, 0.29) is 24.0 Å². The summed E-state index contributed by atoms with van der Waals surface area (Å²) >= 11 is 0. The molecule has 0 spiro atoms. The molecular weight excluding hydrogens is 405 g/mol. The maximum atomic E-state index is 5.42. The lowest BCUT2D eigenvalue weighted by Crippen LogP contribution is -2.40. The molecule has 6 nitrogen and oxygen atoms in total. The van der Waals surface area contributed by atoms with Gasteiger partial charge in [-0.25, -0.2) is 0 Å². The molecule has 2 rings (SSSR count). The topological polar surface area (TPSA) is 54.7 Å². The minimum Gasteiger partial charge on any atom is -0.381 e. The summed E-state index contributed by atoms with van der Waals surface area (Å²) in [5, 5.41) is 7.62. The predicted molar refractivity (Wildman–Crippen MR) is 104 cm³/mol. The molecule has 0 amide bonds. The highest BCUT2D eigenvalue weighted by atomic mass is 127. The number of aryl methyl sites for hydroxylation is 1. The van der Waals surface area contributed by atoms with Crippen LogP contribution in [-0.2, 0) is 18.2 Å². The van der Waals surface area contributed by atoms with E-state index < -0.39 is 0 Å². The smallest absolute Gasteiger partial charge is 0.193 e. The quantitative estimate of drug-likeness (QED) is 0.422. The molecule has 0 saturated carbocycles. The van der Waals surface area contributed by atoms with E-state index in [0.29, 0.717) is 0 Å². The summed E-state index contributed by atoms with van der Waals surface area (Å²) in [7, 11) is 5.90. The summed E-state index contributed by atoms with van der Waals surface area (Å²) in [6, 6.07) is 0. The number of hydrogen-bond donors (Lipinski definition) is 1. The van der Waals surface area contributed by atoms with Gasteiger partial charge in [-0.05, 0) is 37.2 Å². The summed E-state index contributed by atoms with van der Waals surface area (Å²) < 4.78 is 7.25. The van der Waals surface area contributed by atoms with Crippen LogP contribution < -0.4 is 5.32 Å². The van der Waals surface area contributed by atoms with Crippen LogP contribution in [0.3, 0.4) is 0 Å². The van der Waals surface area contributed by atoms with E-state index >= 15 is 0 Å². The molecule has 0 atom stereocenters. The van der Waals surface area contributed by atoms with Crippen molar-refractivity contribution in [2.24, 2.45) is 18.0 Å². The molecule has 0 unspecified atom stereocenters.